The highest BCUT2D eigenvalue weighted by Crippen LogP contribution is 2.25. The van der Waals surface area contributed by atoms with Crippen molar-refractivity contribution in [3.8, 4) is 11.6 Å². The van der Waals surface area contributed by atoms with E-state index in [-0.39, 0.29) is 11.7 Å². The first-order chi connectivity index (χ1) is 21.4. The van der Waals surface area contributed by atoms with E-state index in [4.69, 9.17) is 10.5 Å². The number of nitrogens with two attached hydrogens (primary N) is 1. The van der Waals surface area contributed by atoms with Crippen molar-refractivity contribution in [1.29, 1.82) is 0 Å². The number of anilines is 2. The van der Waals surface area contributed by atoms with Crippen molar-refractivity contribution < 1.29 is 31.5 Å². The van der Waals surface area contributed by atoms with Crippen LogP contribution in [0.2, 0.25) is 0 Å². The molecule has 1 fully saturated rings. The molecule has 0 atom stereocenters. The normalized spacial score (nSPS) is 14.1. The Morgan fingerprint density at radius 2 is 1.78 bits per heavy atom. The number of likely N-dealkylation sites (tertiary alicyclic amines) is 1. The highest BCUT2D eigenvalue weighted by Gasteiger charge is 2.29. The van der Waals surface area contributed by atoms with Crippen LogP contribution in [0.1, 0.15) is 54.9 Å². The van der Waals surface area contributed by atoms with E-state index in [1.54, 1.807) is 41.4 Å². The van der Waals surface area contributed by atoms with Crippen LogP contribution in [0, 0.1) is 11.6 Å². The number of nitrogens with one attached hydrogen (secondary N) is 2. The van der Waals surface area contributed by atoms with E-state index in [0.717, 1.165) is 50.2 Å². The third-order valence-corrected chi connectivity index (χ3v) is 8.02. The van der Waals surface area contributed by atoms with Gasteiger partial charge in [0.1, 0.15) is 17.4 Å². The van der Waals surface area contributed by atoms with Crippen molar-refractivity contribution in [2.75, 3.05) is 35.9 Å². The van der Waals surface area contributed by atoms with Gasteiger partial charge in [-0.15, -0.1) is 0 Å². The molecule has 2 aromatic carbocycles. The third-order valence-electron chi connectivity index (χ3n) is 7.41. The van der Waals surface area contributed by atoms with E-state index in [2.05, 4.69) is 26.8 Å². The number of benzene rings is 2. The first kappa shape index (κ1) is 33.6. The van der Waals surface area contributed by atoms with Crippen molar-refractivity contribution in [3.63, 3.8) is 0 Å². The number of carbonyl (C=O) groups is 2. The molecule has 0 radical (unpaired) electrons. The number of piperidine rings is 1. The highest BCUT2D eigenvalue weighted by molar-refractivity contribution is 7.92. The number of halogens is 2. The van der Waals surface area contributed by atoms with Gasteiger partial charge in [0.05, 0.1) is 17.5 Å². The minimum Gasteiger partial charge on any atom is -0.439 e. The lowest BCUT2D eigenvalue weighted by Gasteiger charge is -2.38. The Bertz CT molecular complexity index is 1580. The minimum atomic E-state index is -3.36. The van der Waals surface area contributed by atoms with Crippen LogP contribution in [0.25, 0.3) is 0 Å². The van der Waals surface area contributed by atoms with Gasteiger partial charge in [-0.2, -0.15) is 0 Å². The van der Waals surface area contributed by atoms with Crippen LogP contribution in [0.3, 0.4) is 0 Å². The van der Waals surface area contributed by atoms with Crippen LogP contribution in [0.15, 0.2) is 54.7 Å². The van der Waals surface area contributed by atoms with Gasteiger partial charge < -0.3 is 20.7 Å². The number of ether oxygens (including phenoxy) is 1. The first-order valence-corrected chi connectivity index (χ1v) is 16.6. The fourth-order valence-corrected chi connectivity index (χ4v) is 5.70. The predicted molar refractivity (Wildman–Crippen MR) is 168 cm³/mol. The largest absolute Gasteiger partial charge is 0.439 e. The standard InChI is InChI=1S/C31H38F2N6O5S/c1-3-4-5-14-39(31(41)36-28-17-25(30(34)40)26(32)18-27(28)33)23-12-15-38(16-13-23)20-21-6-11-29(35-19-21)44-24-9-7-22(8-10-24)37-45(2,42)43/h6-11,17-19,23,37H,3-5,12-16,20H2,1-2H3,(H2,34,40)(H,36,41). The highest BCUT2D eigenvalue weighted by atomic mass is 32.2. The van der Waals surface area contributed by atoms with Gasteiger partial charge in [0.15, 0.2) is 0 Å². The van der Waals surface area contributed by atoms with E-state index >= 15 is 0 Å². The summed E-state index contributed by atoms with van der Waals surface area (Å²) < 4.78 is 59.3. The summed E-state index contributed by atoms with van der Waals surface area (Å²) in [5.74, 6) is -2.21. The Balaban J connectivity index is 1.32. The molecule has 14 heteroatoms. The fourth-order valence-electron chi connectivity index (χ4n) is 5.14. The molecule has 242 valence electrons. The zero-order chi connectivity index (χ0) is 32.6. The van der Waals surface area contributed by atoms with Gasteiger partial charge in [-0.1, -0.05) is 25.8 Å². The summed E-state index contributed by atoms with van der Waals surface area (Å²) in [6.45, 7) is 4.66. The van der Waals surface area contributed by atoms with Crippen LogP contribution >= 0.6 is 0 Å². The molecule has 1 aliphatic rings. The lowest BCUT2D eigenvalue weighted by Crippen LogP contribution is -2.49. The van der Waals surface area contributed by atoms with Gasteiger partial charge in [0.2, 0.25) is 15.9 Å². The molecule has 1 aromatic heterocycles. The zero-order valence-corrected chi connectivity index (χ0v) is 26.1. The molecule has 4 rings (SSSR count). The summed E-state index contributed by atoms with van der Waals surface area (Å²) in [7, 11) is -3.36. The SMILES string of the molecule is CCCCCN(C(=O)Nc1cc(C(N)=O)c(F)cc1F)C1CCN(Cc2ccc(Oc3ccc(NS(C)(=O)=O)cc3)nc2)CC1. The molecule has 0 saturated carbocycles. The number of carbonyl (C=O) groups excluding carboxylic acids is 2. The Morgan fingerprint density at radius 3 is 2.38 bits per heavy atom. The summed E-state index contributed by atoms with van der Waals surface area (Å²) in [6, 6.07) is 11.1. The van der Waals surface area contributed by atoms with Gasteiger partial charge in [-0.05, 0) is 55.2 Å². The number of nitrogens with zero attached hydrogens (tertiary/aromatic N) is 3. The lowest BCUT2D eigenvalue weighted by atomic mass is 10.0. The van der Waals surface area contributed by atoms with Gasteiger partial charge in [0, 0.05) is 56.2 Å². The van der Waals surface area contributed by atoms with Gasteiger partial charge in [-0.25, -0.2) is 27.0 Å². The molecule has 0 unspecified atom stereocenters. The van der Waals surface area contributed by atoms with E-state index < -0.39 is 39.2 Å². The summed E-state index contributed by atoms with van der Waals surface area (Å²) in [5.41, 5.74) is 5.82. The Kier molecular flexibility index (Phi) is 11.3. The number of hydrogen-bond donors (Lipinski definition) is 3. The molecule has 3 amide bonds. The van der Waals surface area contributed by atoms with Crippen molar-refractivity contribution in [2.24, 2.45) is 5.73 Å². The average molecular weight is 645 g/mol. The summed E-state index contributed by atoms with van der Waals surface area (Å²) in [5, 5.41) is 2.52. The molecule has 0 aliphatic carbocycles. The molecule has 0 spiro atoms. The Hall–Kier alpha value is -4.30. The minimum absolute atomic E-state index is 0.0786. The van der Waals surface area contributed by atoms with E-state index in [9.17, 15) is 26.8 Å². The van der Waals surface area contributed by atoms with Crippen LogP contribution in [-0.2, 0) is 16.6 Å². The van der Waals surface area contributed by atoms with Crippen molar-refractivity contribution in [2.45, 2.75) is 51.6 Å². The number of amides is 3. The number of hydrogen-bond acceptors (Lipinski definition) is 7. The van der Waals surface area contributed by atoms with Gasteiger partial charge in [0.25, 0.3) is 5.91 Å². The monoisotopic (exact) mass is 644 g/mol. The number of primary amides is 1. The molecule has 2 heterocycles. The number of rotatable bonds is 13. The second-order valence-electron chi connectivity index (χ2n) is 11.0. The topological polar surface area (TPSA) is 147 Å². The number of sulfonamides is 1. The van der Waals surface area contributed by atoms with Crippen LogP contribution in [-0.4, -0.2) is 67.1 Å². The molecule has 3 aromatic rings. The number of aromatic nitrogens is 1. The van der Waals surface area contributed by atoms with Crippen LogP contribution < -0.4 is 20.5 Å². The lowest BCUT2D eigenvalue weighted by molar-refractivity contribution is 0.0996. The molecular weight excluding hydrogens is 606 g/mol. The third kappa shape index (κ3) is 9.85. The molecule has 1 aliphatic heterocycles. The fraction of sp³-hybridized carbons (Fsp3) is 0.387. The quantitative estimate of drug-likeness (QED) is 0.214. The second-order valence-corrected chi connectivity index (χ2v) is 12.8. The smallest absolute Gasteiger partial charge is 0.322 e. The molecule has 1 saturated heterocycles. The number of urea groups is 1. The van der Waals surface area contributed by atoms with Crippen LogP contribution in [0.5, 0.6) is 11.6 Å². The van der Waals surface area contributed by atoms with Crippen molar-refractivity contribution >= 4 is 33.3 Å². The second kappa shape index (κ2) is 15.1. The number of unbranched alkanes of at least 4 members (excludes halogenated alkanes) is 2. The Morgan fingerprint density at radius 1 is 1.07 bits per heavy atom. The predicted octanol–water partition coefficient (Wildman–Crippen LogP) is 5.31. The Labute approximate surface area is 261 Å². The maximum Gasteiger partial charge on any atom is 0.322 e. The summed E-state index contributed by atoms with van der Waals surface area (Å²) in [4.78, 5) is 33.2. The zero-order valence-electron chi connectivity index (χ0n) is 25.3. The molecule has 4 N–H and O–H groups in total. The van der Waals surface area contributed by atoms with E-state index in [1.165, 1.54) is 0 Å². The van der Waals surface area contributed by atoms with Crippen molar-refractivity contribution in [1.82, 2.24) is 14.8 Å². The maximum absolute atomic E-state index is 14.5. The van der Waals surface area contributed by atoms with E-state index in [0.29, 0.717) is 49.3 Å². The number of pyridine rings is 1. The maximum atomic E-state index is 14.5. The first-order valence-electron chi connectivity index (χ1n) is 14.7. The van der Waals surface area contributed by atoms with Gasteiger partial charge in [-0.3, -0.25) is 14.4 Å². The molecule has 45 heavy (non-hydrogen) atoms. The summed E-state index contributed by atoms with van der Waals surface area (Å²) in [6.07, 6.45) is 6.91. The van der Waals surface area contributed by atoms with Crippen molar-refractivity contribution in [3.05, 3.63) is 77.5 Å². The molecular formula is C31H38F2N6O5S. The van der Waals surface area contributed by atoms with Crippen LogP contribution in [0.4, 0.5) is 25.0 Å². The van der Waals surface area contributed by atoms with Gasteiger partial charge >= 0.3 is 6.03 Å². The molecule has 11 nitrogen and oxygen atoms in total. The van der Waals surface area contributed by atoms with E-state index in [1.807, 2.05) is 6.07 Å². The molecule has 0 bridgehead atoms. The summed E-state index contributed by atoms with van der Waals surface area (Å²) >= 11 is 0. The average Bonchev–Trinajstić information content (AvgIpc) is 2.98.